The highest BCUT2D eigenvalue weighted by atomic mass is 79.9. The minimum atomic E-state index is -0.308. The quantitative estimate of drug-likeness (QED) is 0.263. The lowest BCUT2D eigenvalue weighted by atomic mass is 10.2. The van der Waals surface area contributed by atoms with Crippen LogP contribution in [0.1, 0.15) is 12.5 Å². The third-order valence-corrected chi connectivity index (χ3v) is 5.79. The van der Waals surface area contributed by atoms with Crippen LogP contribution in [0.3, 0.4) is 0 Å². The molecule has 0 fully saturated rings. The molecule has 0 saturated heterocycles. The predicted molar refractivity (Wildman–Crippen MR) is 136 cm³/mol. The number of ether oxygens (including phenoxy) is 2. The summed E-state index contributed by atoms with van der Waals surface area (Å²) in [5, 5.41) is 5.76. The summed E-state index contributed by atoms with van der Waals surface area (Å²) in [7, 11) is 1.60. The molecule has 8 heteroatoms. The van der Waals surface area contributed by atoms with E-state index in [1.807, 2.05) is 55.5 Å². The van der Waals surface area contributed by atoms with Crippen LogP contribution in [-0.2, 0) is 0 Å². The fourth-order valence-corrected chi connectivity index (χ4v) is 4.12. The SMILES string of the molecule is CCOc1ccc(Br)cc1C=Nn1c(-c2cc3c(OC)cccc3o2)nc2ccccc2c1=O. The minimum Gasteiger partial charge on any atom is -0.496 e. The van der Waals surface area contributed by atoms with E-state index >= 15 is 0 Å². The lowest BCUT2D eigenvalue weighted by Gasteiger charge is -2.09. The van der Waals surface area contributed by atoms with Crippen LogP contribution in [-0.4, -0.2) is 29.6 Å². The normalized spacial score (nSPS) is 11.5. The Labute approximate surface area is 203 Å². The summed E-state index contributed by atoms with van der Waals surface area (Å²) in [4.78, 5) is 18.2. The molecule has 0 amide bonds. The first kappa shape index (κ1) is 21.9. The first-order chi connectivity index (χ1) is 16.6. The molecule has 3 aromatic carbocycles. The number of aromatic nitrogens is 2. The number of methoxy groups -OCH3 is 1. The van der Waals surface area contributed by atoms with Crippen molar-refractivity contribution in [1.82, 2.24) is 9.66 Å². The van der Waals surface area contributed by atoms with Crippen molar-refractivity contribution in [3.05, 3.63) is 87.1 Å². The van der Waals surface area contributed by atoms with E-state index in [9.17, 15) is 4.79 Å². The first-order valence-electron chi connectivity index (χ1n) is 10.6. The lowest BCUT2D eigenvalue weighted by Crippen LogP contribution is -2.20. The molecule has 0 unspecified atom stereocenters. The highest BCUT2D eigenvalue weighted by Crippen LogP contribution is 2.33. The second-order valence-corrected chi connectivity index (χ2v) is 8.33. The maximum atomic E-state index is 13.5. The third kappa shape index (κ3) is 3.97. The monoisotopic (exact) mass is 517 g/mol. The van der Waals surface area contributed by atoms with Crippen molar-refractivity contribution in [2.45, 2.75) is 6.92 Å². The van der Waals surface area contributed by atoms with Gasteiger partial charge in [-0.1, -0.05) is 34.1 Å². The summed E-state index contributed by atoms with van der Waals surface area (Å²) in [5.74, 6) is 2.01. The van der Waals surface area contributed by atoms with E-state index in [-0.39, 0.29) is 11.4 Å². The van der Waals surface area contributed by atoms with Gasteiger partial charge in [0.15, 0.2) is 5.76 Å². The molecular formula is C26H20BrN3O4. The number of furan rings is 1. The fourth-order valence-electron chi connectivity index (χ4n) is 3.74. The maximum Gasteiger partial charge on any atom is 0.282 e. The van der Waals surface area contributed by atoms with Gasteiger partial charge < -0.3 is 13.9 Å². The van der Waals surface area contributed by atoms with Crippen molar-refractivity contribution >= 4 is 44.0 Å². The summed E-state index contributed by atoms with van der Waals surface area (Å²) in [6, 6.07) is 20.1. The average Bonchev–Trinajstić information content (AvgIpc) is 3.29. The molecule has 5 rings (SSSR count). The molecule has 0 N–H and O–H groups in total. The van der Waals surface area contributed by atoms with Gasteiger partial charge in [0.25, 0.3) is 5.56 Å². The van der Waals surface area contributed by atoms with Crippen molar-refractivity contribution in [3.8, 4) is 23.1 Å². The third-order valence-electron chi connectivity index (χ3n) is 5.30. The van der Waals surface area contributed by atoms with E-state index in [0.29, 0.717) is 45.9 Å². The van der Waals surface area contributed by atoms with Gasteiger partial charge >= 0.3 is 0 Å². The van der Waals surface area contributed by atoms with E-state index in [1.165, 1.54) is 4.68 Å². The zero-order valence-electron chi connectivity index (χ0n) is 18.5. The van der Waals surface area contributed by atoms with Gasteiger partial charge in [0, 0.05) is 10.0 Å². The number of hydrogen-bond acceptors (Lipinski definition) is 6. The highest BCUT2D eigenvalue weighted by Gasteiger charge is 2.18. The zero-order chi connectivity index (χ0) is 23.7. The van der Waals surface area contributed by atoms with Gasteiger partial charge in [-0.15, -0.1) is 0 Å². The number of para-hydroxylation sites is 1. The van der Waals surface area contributed by atoms with Gasteiger partial charge in [-0.05, 0) is 55.5 Å². The molecule has 0 aliphatic carbocycles. The van der Waals surface area contributed by atoms with E-state index in [1.54, 1.807) is 31.5 Å². The zero-order valence-corrected chi connectivity index (χ0v) is 20.1. The van der Waals surface area contributed by atoms with Gasteiger partial charge in [-0.25, -0.2) is 4.98 Å². The molecule has 0 saturated carbocycles. The average molecular weight is 518 g/mol. The van der Waals surface area contributed by atoms with Crippen LogP contribution in [0.2, 0.25) is 0 Å². The van der Waals surface area contributed by atoms with Gasteiger partial charge in [-0.2, -0.15) is 9.78 Å². The summed E-state index contributed by atoms with van der Waals surface area (Å²) < 4.78 is 19.4. The van der Waals surface area contributed by atoms with E-state index in [2.05, 4.69) is 21.0 Å². The van der Waals surface area contributed by atoms with Crippen molar-refractivity contribution in [2.24, 2.45) is 5.10 Å². The summed E-state index contributed by atoms with van der Waals surface area (Å²) >= 11 is 3.48. The van der Waals surface area contributed by atoms with Crippen LogP contribution in [0.15, 0.2) is 85.5 Å². The van der Waals surface area contributed by atoms with Crippen molar-refractivity contribution in [2.75, 3.05) is 13.7 Å². The van der Waals surface area contributed by atoms with Gasteiger partial charge in [0.1, 0.15) is 17.1 Å². The molecule has 7 nitrogen and oxygen atoms in total. The van der Waals surface area contributed by atoms with Crippen LogP contribution in [0.4, 0.5) is 0 Å². The van der Waals surface area contributed by atoms with Crippen LogP contribution in [0.5, 0.6) is 11.5 Å². The molecule has 5 aromatic rings. The lowest BCUT2D eigenvalue weighted by molar-refractivity contribution is 0.339. The van der Waals surface area contributed by atoms with Gasteiger partial charge in [0.05, 0.1) is 36.2 Å². The molecule has 2 aromatic heterocycles. The van der Waals surface area contributed by atoms with E-state index < -0.39 is 0 Å². The molecule has 2 heterocycles. The Hall–Kier alpha value is -3.91. The Kier molecular flexibility index (Phi) is 5.90. The van der Waals surface area contributed by atoms with E-state index in [0.717, 1.165) is 9.86 Å². The maximum absolute atomic E-state index is 13.5. The fraction of sp³-hybridized carbons (Fsp3) is 0.115. The predicted octanol–water partition coefficient (Wildman–Crippen LogP) is 5.86. The van der Waals surface area contributed by atoms with Crippen LogP contribution < -0.4 is 15.0 Å². The van der Waals surface area contributed by atoms with Gasteiger partial charge in [-0.3, -0.25) is 4.79 Å². The molecular weight excluding hydrogens is 498 g/mol. The minimum absolute atomic E-state index is 0.283. The smallest absolute Gasteiger partial charge is 0.282 e. The molecule has 34 heavy (non-hydrogen) atoms. The molecule has 0 spiro atoms. The number of benzene rings is 3. The van der Waals surface area contributed by atoms with Crippen LogP contribution in [0, 0.1) is 0 Å². The Morgan fingerprint density at radius 1 is 1.06 bits per heavy atom. The second-order valence-electron chi connectivity index (χ2n) is 7.41. The number of hydrogen-bond donors (Lipinski definition) is 0. The first-order valence-corrected chi connectivity index (χ1v) is 11.4. The second kappa shape index (κ2) is 9.15. The standard InChI is InChI=1S/C26H20BrN3O4/c1-3-33-21-12-11-17(27)13-16(21)15-28-30-25(29-20-8-5-4-7-18(20)26(30)31)24-14-19-22(32-2)9-6-10-23(19)34-24/h4-15H,3H2,1-2H3. The van der Waals surface area contributed by atoms with Crippen molar-refractivity contribution in [1.29, 1.82) is 0 Å². The number of halogens is 1. The largest absolute Gasteiger partial charge is 0.496 e. The Balaban J connectivity index is 1.73. The number of rotatable bonds is 6. The van der Waals surface area contributed by atoms with E-state index in [4.69, 9.17) is 18.9 Å². The Morgan fingerprint density at radius 3 is 2.74 bits per heavy atom. The molecule has 0 atom stereocenters. The summed E-state index contributed by atoms with van der Waals surface area (Å²) in [5.41, 5.74) is 1.59. The number of nitrogens with zero attached hydrogens (tertiary/aromatic N) is 3. The highest BCUT2D eigenvalue weighted by molar-refractivity contribution is 9.10. The summed E-state index contributed by atoms with van der Waals surface area (Å²) in [6.07, 6.45) is 1.58. The Bertz CT molecular complexity index is 1600. The molecule has 170 valence electrons. The Morgan fingerprint density at radius 2 is 1.91 bits per heavy atom. The number of fused-ring (bicyclic) bond motifs is 2. The molecule has 0 aliphatic heterocycles. The molecule has 0 bridgehead atoms. The topological polar surface area (TPSA) is 78.8 Å². The van der Waals surface area contributed by atoms with Crippen molar-refractivity contribution in [3.63, 3.8) is 0 Å². The van der Waals surface area contributed by atoms with Crippen LogP contribution in [0.25, 0.3) is 33.5 Å². The summed E-state index contributed by atoms with van der Waals surface area (Å²) in [6.45, 7) is 2.42. The van der Waals surface area contributed by atoms with Crippen LogP contribution >= 0.6 is 15.9 Å². The van der Waals surface area contributed by atoms with Crippen molar-refractivity contribution < 1.29 is 13.9 Å². The van der Waals surface area contributed by atoms with Gasteiger partial charge in [0.2, 0.25) is 5.82 Å². The molecule has 0 aliphatic rings. The molecule has 0 radical (unpaired) electrons.